The lowest BCUT2D eigenvalue weighted by Crippen LogP contribution is -2.01. The van der Waals surface area contributed by atoms with E-state index in [2.05, 4.69) is 53.5 Å². The maximum absolute atomic E-state index is 3.32. The molecule has 18 heavy (non-hydrogen) atoms. The molecule has 0 aliphatic heterocycles. The third-order valence-electron chi connectivity index (χ3n) is 3.82. The van der Waals surface area contributed by atoms with Crippen LogP contribution in [0, 0.1) is 5.92 Å². The lowest BCUT2D eigenvalue weighted by Gasteiger charge is -2.11. The minimum atomic E-state index is 0.726. The van der Waals surface area contributed by atoms with Crippen LogP contribution < -0.4 is 0 Å². The largest absolute Gasteiger partial charge is 0.365 e. The first-order chi connectivity index (χ1) is 8.92. The van der Waals surface area contributed by atoms with Crippen LogP contribution in [0.1, 0.15) is 30.5 Å². The molecule has 2 aromatic rings. The van der Waals surface area contributed by atoms with E-state index in [-0.39, 0.29) is 0 Å². The number of allylic oxidation sites excluding steroid dienone is 1. The van der Waals surface area contributed by atoms with E-state index < -0.39 is 0 Å². The van der Waals surface area contributed by atoms with Gasteiger partial charge in [0.25, 0.3) is 0 Å². The molecule has 0 radical (unpaired) electrons. The number of hydrogen-bond acceptors (Lipinski definition) is 0. The Balaban J connectivity index is 1.77. The number of rotatable bonds is 3. The van der Waals surface area contributed by atoms with Gasteiger partial charge in [-0.15, -0.1) is 0 Å². The number of hydrogen-bond donors (Lipinski definition) is 1. The Morgan fingerprint density at radius 1 is 1.11 bits per heavy atom. The van der Waals surface area contributed by atoms with E-state index in [1.807, 2.05) is 6.20 Å². The van der Waals surface area contributed by atoms with Gasteiger partial charge < -0.3 is 4.98 Å². The predicted molar refractivity (Wildman–Crippen MR) is 76.3 cm³/mol. The summed E-state index contributed by atoms with van der Waals surface area (Å²) < 4.78 is 0. The zero-order chi connectivity index (χ0) is 12.2. The van der Waals surface area contributed by atoms with E-state index in [4.69, 9.17) is 0 Å². The summed E-state index contributed by atoms with van der Waals surface area (Å²) in [5, 5.41) is 0. The monoisotopic (exact) mass is 237 g/mol. The molecule has 0 bridgehead atoms. The molecule has 1 aliphatic carbocycles. The molecule has 0 saturated heterocycles. The van der Waals surface area contributed by atoms with Gasteiger partial charge in [0.15, 0.2) is 0 Å². The van der Waals surface area contributed by atoms with Crippen LogP contribution in [0.5, 0.6) is 0 Å². The molecule has 1 fully saturated rings. The van der Waals surface area contributed by atoms with Crippen molar-refractivity contribution < 1.29 is 0 Å². The van der Waals surface area contributed by atoms with Crippen molar-refractivity contribution in [2.45, 2.75) is 25.7 Å². The summed E-state index contributed by atoms with van der Waals surface area (Å²) in [6.07, 6.45) is 9.50. The number of aromatic nitrogens is 1. The van der Waals surface area contributed by atoms with E-state index in [0.717, 1.165) is 12.3 Å². The molecule has 1 atom stereocenters. The van der Waals surface area contributed by atoms with Crippen LogP contribution in [0.2, 0.25) is 0 Å². The van der Waals surface area contributed by atoms with Gasteiger partial charge in [0.2, 0.25) is 0 Å². The highest BCUT2D eigenvalue weighted by molar-refractivity contribution is 5.54. The lowest BCUT2D eigenvalue weighted by atomic mass is 9.95. The minimum Gasteiger partial charge on any atom is -0.365 e. The molecule has 3 rings (SSSR count). The van der Waals surface area contributed by atoms with Crippen LogP contribution in [0.3, 0.4) is 0 Å². The van der Waals surface area contributed by atoms with Crippen LogP contribution in [0.25, 0.3) is 6.08 Å². The Kier molecular flexibility index (Phi) is 3.31. The first-order valence-corrected chi connectivity index (χ1v) is 6.79. The summed E-state index contributed by atoms with van der Waals surface area (Å²) in [4.78, 5) is 3.32. The minimum absolute atomic E-state index is 0.726. The van der Waals surface area contributed by atoms with E-state index in [0.29, 0.717) is 0 Å². The molecule has 1 nitrogen and oxygen atoms in total. The third kappa shape index (κ3) is 2.56. The lowest BCUT2D eigenvalue weighted by molar-refractivity contribution is 0.619. The van der Waals surface area contributed by atoms with Crippen molar-refractivity contribution in [3.05, 3.63) is 65.5 Å². The highest BCUT2D eigenvalue weighted by Crippen LogP contribution is 2.34. The zero-order valence-electron chi connectivity index (χ0n) is 10.6. The molecule has 1 saturated carbocycles. The molecule has 0 amide bonds. The molecule has 0 spiro atoms. The molecule has 1 aliphatic rings. The molecular weight excluding hydrogens is 218 g/mol. The van der Waals surface area contributed by atoms with Gasteiger partial charge in [-0.3, -0.25) is 0 Å². The number of benzene rings is 1. The van der Waals surface area contributed by atoms with Gasteiger partial charge in [0.1, 0.15) is 0 Å². The number of H-pyrrole nitrogens is 1. The summed E-state index contributed by atoms with van der Waals surface area (Å²) in [5.74, 6) is 0.726. The van der Waals surface area contributed by atoms with E-state index in [1.165, 1.54) is 30.5 Å². The fourth-order valence-electron chi connectivity index (χ4n) is 2.89. The van der Waals surface area contributed by atoms with Crippen LogP contribution in [-0.2, 0) is 6.42 Å². The molecule has 92 valence electrons. The van der Waals surface area contributed by atoms with Crippen molar-refractivity contribution >= 4 is 6.08 Å². The van der Waals surface area contributed by atoms with Gasteiger partial charge >= 0.3 is 0 Å². The van der Waals surface area contributed by atoms with E-state index >= 15 is 0 Å². The highest BCUT2D eigenvalue weighted by atomic mass is 14.7. The molecule has 1 aromatic heterocycles. The van der Waals surface area contributed by atoms with Gasteiger partial charge in [0.05, 0.1) is 0 Å². The van der Waals surface area contributed by atoms with Gasteiger partial charge in [-0.05, 0) is 49.3 Å². The molecule has 1 heterocycles. The van der Waals surface area contributed by atoms with E-state index in [1.54, 1.807) is 5.57 Å². The van der Waals surface area contributed by atoms with Crippen molar-refractivity contribution in [2.24, 2.45) is 5.92 Å². The standard InChI is InChI=1S/C17H19N/c1-2-6-14(7-3-1)12-15-8-4-9-16(15)13-17-10-5-11-18-17/h1-3,5-7,10-12,16,18H,4,8-9,13H2. The Bertz CT molecular complexity index is 508. The van der Waals surface area contributed by atoms with Crippen molar-refractivity contribution in [2.75, 3.05) is 0 Å². The summed E-state index contributed by atoms with van der Waals surface area (Å²) in [5.41, 5.74) is 4.32. The normalized spacial score (nSPS) is 21.6. The van der Waals surface area contributed by atoms with Crippen molar-refractivity contribution in [3.63, 3.8) is 0 Å². The Hall–Kier alpha value is -1.76. The Morgan fingerprint density at radius 2 is 2.00 bits per heavy atom. The number of nitrogens with one attached hydrogen (secondary N) is 1. The highest BCUT2D eigenvalue weighted by Gasteiger charge is 2.21. The Morgan fingerprint density at radius 3 is 2.78 bits per heavy atom. The van der Waals surface area contributed by atoms with Crippen molar-refractivity contribution in [1.82, 2.24) is 4.98 Å². The topological polar surface area (TPSA) is 15.8 Å². The van der Waals surface area contributed by atoms with Gasteiger partial charge in [-0.25, -0.2) is 0 Å². The van der Waals surface area contributed by atoms with Gasteiger partial charge in [-0.2, -0.15) is 0 Å². The zero-order valence-corrected chi connectivity index (χ0v) is 10.6. The van der Waals surface area contributed by atoms with E-state index in [9.17, 15) is 0 Å². The smallest absolute Gasteiger partial charge is 0.0153 e. The summed E-state index contributed by atoms with van der Waals surface area (Å²) in [6.45, 7) is 0. The molecule has 1 aromatic carbocycles. The predicted octanol–water partition coefficient (Wildman–Crippen LogP) is 4.44. The quantitative estimate of drug-likeness (QED) is 0.812. The fraction of sp³-hybridized carbons (Fsp3) is 0.294. The first-order valence-electron chi connectivity index (χ1n) is 6.79. The number of aromatic amines is 1. The van der Waals surface area contributed by atoms with Crippen LogP contribution >= 0.6 is 0 Å². The van der Waals surface area contributed by atoms with Crippen LogP contribution in [-0.4, -0.2) is 4.98 Å². The van der Waals surface area contributed by atoms with Crippen LogP contribution in [0.4, 0.5) is 0 Å². The second kappa shape index (κ2) is 5.26. The molecule has 1 N–H and O–H groups in total. The maximum atomic E-state index is 3.32. The van der Waals surface area contributed by atoms with Crippen molar-refractivity contribution in [3.8, 4) is 0 Å². The van der Waals surface area contributed by atoms with Gasteiger partial charge in [0, 0.05) is 11.9 Å². The second-order valence-corrected chi connectivity index (χ2v) is 5.12. The maximum Gasteiger partial charge on any atom is 0.0153 e. The average Bonchev–Trinajstić information content (AvgIpc) is 3.04. The van der Waals surface area contributed by atoms with Crippen LogP contribution in [0.15, 0.2) is 54.2 Å². The fourth-order valence-corrected chi connectivity index (χ4v) is 2.89. The third-order valence-corrected chi connectivity index (χ3v) is 3.82. The molecular formula is C17H19N. The second-order valence-electron chi connectivity index (χ2n) is 5.12. The van der Waals surface area contributed by atoms with Gasteiger partial charge in [-0.1, -0.05) is 42.0 Å². The summed E-state index contributed by atoms with van der Waals surface area (Å²) in [7, 11) is 0. The molecule has 1 unspecified atom stereocenters. The first kappa shape index (κ1) is 11.3. The molecule has 1 heteroatoms. The Labute approximate surface area is 109 Å². The van der Waals surface area contributed by atoms with Crippen molar-refractivity contribution in [1.29, 1.82) is 0 Å². The average molecular weight is 237 g/mol. The summed E-state index contributed by atoms with van der Waals surface area (Å²) in [6, 6.07) is 15.0. The summed E-state index contributed by atoms with van der Waals surface area (Å²) >= 11 is 0. The SMILES string of the molecule is C(=C1CCCC1Cc1ccc[nH]1)c1ccccc1.